The predicted molar refractivity (Wildman–Crippen MR) is 89.3 cm³/mol. The monoisotopic (exact) mass is 315 g/mol. The van der Waals surface area contributed by atoms with Crippen LogP contribution in [0.5, 0.6) is 0 Å². The highest BCUT2D eigenvalue weighted by molar-refractivity contribution is 5.88. The van der Waals surface area contributed by atoms with Crippen molar-refractivity contribution in [3.8, 4) is 0 Å². The van der Waals surface area contributed by atoms with Gasteiger partial charge in [-0.3, -0.25) is 9.79 Å². The Kier molecular flexibility index (Phi) is 4.55. The maximum Gasteiger partial charge on any atom is 0.222 e. The summed E-state index contributed by atoms with van der Waals surface area (Å²) < 4.78 is 13.2. The van der Waals surface area contributed by atoms with Gasteiger partial charge in [-0.1, -0.05) is 19.1 Å². The summed E-state index contributed by atoms with van der Waals surface area (Å²) >= 11 is 0. The van der Waals surface area contributed by atoms with Gasteiger partial charge >= 0.3 is 0 Å². The van der Waals surface area contributed by atoms with Gasteiger partial charge < -0.3 is 4.90 Å². The van der Waals surface area contributed by atoms with E-state index in [4.69, 9.17) is 0 Å². The summed E-state index contributed by atoms with van der Waals surface area (Å²) in [6.45, 7) is 3.89. The Morgan fingerprint density at radius 3 is 2.83 bits per heavy atom. The molecule has 1 aromatic carbocycles. The molecule has 0 radical (unpaired) electrons. The number of amides is 1. The molecule has 1 fully saturated rings. The van der Waals surface area contributed by atoms with Crippen molar-refractivity contribution in [1.29, 1.82) is 0 Å². The molecule has 0 aromatic heterocycles. The first kappa shape index (κ1) is 15.8. The molecule has 2 heterocycles. The van der Waals surface area contributed by atoms with Crippen LogP contribution in [0.25, 0.3) is 0 Å². The molecule has 122 valence electrons. The van der Waals surface area contributed by atoms with Crippen LogP contribution in [0.3, 0.4) is 0 Å². The number of carbonyl (C=O) groups excluding carboxylic acids is 1. The summed E-state index contributed by atoms with van der Waals surface area (Å²) in [6, 6.07) is 6.29. The number of hydrogen-bond acceptors (Lipinski definition) is 3. The van der Waals surface area contributed by atoms with Crippen molar-refractivity contribution in [2.75, 3.05) is 13.1 Å². The van der Waals surface area contributed by atoms with Crippen molar-refractivity contribution in [1.82, 2.24) is 4.90 Å². The Bertz CT molecular complexity index is 612. The van der Waals surface area contributed by atoms with E-state index in [0.29, 0.717) is 18.8 Å². The van der Waals surface area contributed by atoms with Crippen LogP contribution >= 0.6 is 0 Å². The standard InChI is InChI=1S/C18H22FN3O/c1-14-3-2-10-22(11-14)17(23)8-9-18(12-20-13-21-18)15-4-6-16(19)7-5-15/h4-7,12-14H,2-3,8-11H2,1H3. The molecule has 23 heavy (non-hydrogen) atoms. The van der Waals surface area contributed by atoms with E-state index in [-0.39, 0.29) is 11.7 Å². The van der Waals surface area contributed by atoms with Crippen LogP contribution in [0.1, 0.15) is 38.2 Å². The average molecular weight is 315 g/mol. The summed E-state index contributed by atoms with van der Waals surface area (Å²) in [4.78, 5) is 23.0. The van der Waals surface area contributed by atoms with E-state index in [2.05, 4.69) is 16.9 Å². The fourth-order valence-electron chi connectivity index (χ4n) is 3.36. The van der Waals surface area contributed by atoms with Crippen molar-refractivity contribution in [3.05, 3.63) is 35.6 Å². The molecule has 0 N–H and O–H groups in total. The fraction of sp³-hybridized carbons (Fsp3) is 0.500. The molecule has 1 amide bonds. The van der Waals surface area contributed by atoms with E-state index in [1.54, 1.807) is 18.3 Å². The lowest BCUT2D eigenvalue weighted by Crippen LogP contribution is -2.39. The summed E-state index contributed by atoms with van der Waals surface area (Å²) in [5, 5.41) is 0. The van der Waals surface area contributed by atoms with Gasteiger partial charge in [-0.25, -0.2) is 9.38 Å². The SMILES string of the molecule is CC1CCCN(C(=O)CCC2(c3ccc(F)cc3)C=NC=N2)C1. The zero-order valence-electron chi connectivity index (χ0n) is 13.4. The molecular weight excluding hydrogens is 293 g/mol. The van der Waals surface area contributed by atoms with E-state index in [1.165, 1.54) is 24.9 Å². The van der Waals surface area contributed by atoms with Gasteiger partial charge in [-0.15, -0.1) is 0 Å². The minimum atomic E-state index is -0.634. The molecule has 5 heteroatoms. The number of benzene rings is 1. The average Bonchev–Trinajstić information content (AvgIpc) is 3.03. The molecule has 3 rings (SSSR count). The van der Waals surface area contributed by atoms with E-state index >= 15 is 0 Å². The van der Waals surface area contributed by atoms with Gasteiger partial charge in [0.05, 0.1) is 0 Å². The molecular formula is C18H22FN3O. The minimum Gasteiger partial charge on any atom is -0.342 e. The number of nitrogens with zero attached hydrogens (tertiary/aromatic N) is 3. The van der Waals surface area contributed by atoms with Crippen molar-refractivity contribution in [2.45, 2.75) is 38.1 Å². The molecule has 2 aliphatic rings. The first-order chi connectivity index (χ1) is 11.1. The Labute approximate surface area is 136 Å². The second-order valence-electron chi connectivity index (χ2n) is 6.54. The number of halogens is 1. The van der Waals surface area contributed by atoms with E-state index < -0.39 is 5.54 Å². The van der Waals surface area contributed by atoms with Gasteiger partial charge in [0.25, 0.3) is 0 Å². The lowest BCUT2D eigenvalue weighted by atomic mass is 9.87. The largest absolute Gasteiger partial charge is 0.342 e. The lowest BCUT2D eigenvalue weighted by Gasteiger charge is -2.32. The molecule has 1 aromatic rings. The highest BCUT2D eigenvalue weighted by atomic mass is 19.1. The highest BCUT2D eigenvalue weighted by Gasteiger charge is 2.33. The number of hydrogen-bond donors (Lipinski definition) is 0. The van der Waals surface area contributed by atoms with Crippen LogP contribution in [0.4, 0.5) is 4.39 Å². The smallest absolute Gasteiger partial charge is 0.222 e. The van der Waals surface area contributed by atoms with Gasteiger partial charge in [-0.2, -0.15) is 0 Å². The Balaban J connectivity index is 1.69. The Hall–Kier alpha value is -2.04. The van der Waals surface area contributed by atoms with Gasteiger partial charge in [0.1, 0.15) is 17.7 Å². The zero-order valence-corrected chi connectivity index (χ0v) is 13.4. The van der Waals surface area contributed by atoms with Crippen LogP contribution in [-0.4, -0.2) is 36.4 Å². The first-order valence-electron chi connectivity index (χ1n) is 8.21. The van der Waals surface area contributed by atoms with E-state index in [0.717, 1.165) is 25.1 Å². The molecule has 0 aliphatic carbocycles. The van der Waals surface area contributed by atoms with Gasteiger partial charge in [-0.05, 0) is 42.9 Å². The molecule has 2 aliphatic heterocycles. The van der Waals surface area contributed by atoms with Crippen molar-refractivity contribution in [3.63, 3.8) is 0 Å². The topological polar surface area (TPSA) is 45.0 Å². The maximum atomic E-state index is 13.2. The Morgan fingerprint density at radius 2 is 2.17 bits per heavy atom. The second-order valence-corrected chi connectivity index (χ2v) is 6.54. The summed E-state index contributed by atoms with van der Waals surface area (Å²) in [6.07, 6.45) is 6.52. The number of carbonyl (C=O) groups is 1. The quantitative estimate of drug-likeness (QED) is 0.841. The fourth-order valence-corrected chi connectivity index (χ4v) is 3.36. The van der Waals surface area contributed by atoms with Crippen LogP contribution < -0.4 is 0 Å². The third kappa shape index (κ3) is 3.49. The van der Waals surface area contributed by atoms with Crippen molar-refractivity contribution < 1.29 is 9.18 Å². The van der Waals surface area contributed by atoms with Crippen molar-refractivity contribution >= 4 is 18.5 Å². The van der Waals surface area contributed by atoms with Crippen molar-refractivity contribution in [2.24, 2.45) is 15.9 Å². The zero-order chi connectivity index (χ0) is 16.3. The third-order valence-corrected chi connectivity index (χ3v) is 4.72. The number of rotatable bonds is 4. The lowest BCUT2D eigenvalue weighted by molar-refractivity contribution is -0.133. The molecule has 2 unspecified atom stereocenters. The van der Waals surface area contributed by atoms with Gasteiger partial charge in [0, 0.05) is 25.7 Å². The molecule has 0 spiro atoms. The third-order valence-electron chi connectivity index (χ3n) is 4.72. The van der Waals surface area contributed by atoms with Gasteiger partial charge in [0.2, 0.25) is 5.91 Å². The maximum absolute atomic E-state index is 13.2. The van der Waals surface area contributed by atoms with E-state index in [1.807, 2.05) is 4.90 Å². The molecule has 2 atom stereocenters. The molecule has 0 saturated carbocycles. The highest BCUT2D eigenvalue weighted by Crippen LogP contribution is 2.32. The van der Waals surface area contributed by atoms with Crippen LogP contribution in [0, 0.1) is 11.7 Å². The summed E-state index contributed by atoms with van der Waals surface area (Å²) in [7, 11) is 0. The van der Waals surface area contributed by atoms with Gasteiger partial charge in [0.15, 0.2) is 0 Å². The van der Waals surface area contributed by atoms with E-state index in [9.17, 15) is 9.18 Å². The van der Waals surface area contributed by atoms with Crippen LogP contribution in [0.15, 0.2) is 34.3 Å². The molecule has 1 saturated heterocycles. The normalized spacial score (nSPS) is 26.7. The number of piperidine rings is 1. The summed E-state index contributed by atoms with van der Waals surface area (Å²) in [5.41, 5.74) is 0.237. The van der Waals surface area contributed by atoms with Crippen LogP contribution in [-0.2, 0) is 10.3 Å². The number of aliphatic imine (C=N–C) groups is 2. The first-order valence-corrected chi connectivity index (χ1v) is 8.21. The predicted octanol–water partition coefficient (Wildman–Crippen LogP) is 3.17. The Morgan fingerprint density at radius 1 is 1.39 bits per heavy atom. The second kappa shape index (κ2) is 6.60. The number of likely N-dealkylation sites (tertiary alicyclic amines) is 1. The minimum absolute atomic E-state index is 0.175. The molecule has 4 nitrogen and oxygen atoms in total. The molecule has 0 bridgehead atoms. The summed E-state index contributed by atoms with van der Waals surface area (Å²) in [5.74, 6) is 0.472. The van der Waals surface area contributed by atoms with Crippen LogP contribution in [0.2, 0.25) is 0 Å².